The molecule has 0 aromatic heterocycles. The number of ketones is 3. The molecule has 5 N–H and O–H groups in total. The van der Waals surface area contributed by atoms with E-state index in [-0.39, 0.29) is 132 Å². The topological polar surface area (TPSA) is 250 Å². The molecular weight excluding hydrogens is 855 g/mol. The van der Waals surface area contributed by atoms with Crippen molar-refractivity contribution >= 4 is 47.0 Å². The summed E-state index contributed by atoms with van der Waals surface area (Å²) >= 11 is 0. The molecule has 0 rings (SSSR count). The molecule has 0 bridgehead atoms. The molecule has 17 heteroatoms. The minimum atomic E-state index is -1.16. The van der Waals surface area contributed by atoms with Crippen LogP contribution in [0.2, 0.25) is 0 Å². The van der Waals surface area contributed by atoms with Gasteiger partial charge in [-0.15, -0.1) is 0 Å². The van der Waals surface area contributed by atoms with Gasteiger partial charge in [0.2, 0.25) is 17.7 Å². The molecule has 0 fully saturated rings. The van der Waals surface area contributed by atoms with Gasteiger partial charge < -0.3 is 45.1 Å². The average Bonchev–Trinajstić information content (AvgIpc) is 3.25. The number of nitrogens with one attached hydrogen (secondary N) is 3. The Hall–Kier alpha value is -3.80. The molecule has 2 atom stereocenters. The fourth-order valence-corrected chi connectivity index (χ4v) is 6.87. The maximum Gasteiger partial charge on any atom is 0.326 e. The highest BCUT2D eigenvalue weighted by Crippen LogP contribution is 2.23. The Kier molecular flexibility index (Phi) is 39.0. The number of carboxylic acids is 2. The van der Waals surface area contributed by atoms with Crippen molar-refractivity contribution in [2.24, 2.45) is 11.3 Å². The van der Waals surface area contributed by atoms with E-state index in [0.717, 1.165) is 44.9 Å². The number of ether oxygens (including phenoxy) is 4. The highest BCUT2D eigenvalue weighted by Gasteiger charge is 2.26. The summed E-state index contributed by atoms with van der Waals surface area (Å²) in [6, 6.07) is -1.11. The Bertz CT molecular complexity index is 1370. The summed E-state index contributed by atoms with van der Waals surface area (Å²) < 4.78 is 21.5. The van der Waals surface area contributed by atoms with Crippen LogP contribution in [0.15, 0.2) is 0 Å². The largest absolute Gasteiger partial charge is 0.481 e. The van der Waals surface area contributed by atoms with Gasteiger partial charge in [-0.05, 0) is 45.4 Å². The van der Waals surface area contributed by atoms with Gasteiger partial charge in [0.25, 0.3) is 0 Å². The van der Waals surface area contributed by atoms with E-state index in [1.54, 1.807) is 0 Å². The third kappa shape index (κ3) is 40.5. The summed E-state index contributed by atoms with van der Waals surface area (Å²) in [7, 11) is 0. The molecule has 0 heterocycles. The second-order valence-corrected chi connectivity index (χ2v) is 18.2. The molecule has 3 amide bonds. The molecular formula is C49H87N3O14. The molecule has 0 saturated carbocycles. The van der Waals surface area contributed by atoms with E-state index in [4.69, 9.17) is 24.1 Å². The molecule has 66 heavy (non-hydrogen) atoms. The number of Topliss-reactive ketones (excluding diaryl/α,β-unsaturated/α-hetero) is 3. The van der Waals surface area contributed by atoms with Gasteiger partial charge in [-0.1, -0.05) is 104 Å². The van der Waals surface area contributed by atoms with Crippen LogP contribution < -0.4 is 16.0 Å². The third-order valence-corrected chi connectivity index (χ3v) is 11.1. The molecule has 0 aliphatic rings. The normalized spacial score (nSPS) is 12.3. The highest BCUT2D eigenvalue weighted by molar-refractivity contribution is 5.89. The van der Waals surface area contributed by atoms with Gasteiger partial charge >= 0.3 is 11.9 Å². The minimum absolute atomic E-state index is 0.0105. The number of carbonyl (C=O) groups excluding carboxylic acids is 6. The second-order valence-electron chi connectivity index (χ2n) is 18.2. The quantitative estimate of drug-likeness (QED) is 0.0399. The Morgan fingerprint density at radius 1 is 0.485 bits per heavy atom. The van der Waals surface area contributed by atoms with Crippen molar-refractivity contribution < 1.29 is 67.5 Å². The molecule has 17 nitrogen and oxygen atoms in total. The number of carboxylic acid groups (broad SMARTS) is 2. The predicted molar refractivity (Wildman–Crippen MR) is 251 cm³/mol. The van der Waals surface area contributed by atoms with Gasteiger partial charge in [0.05, 0.1) is 33.0 Å². The molecule has 0 aliphatic heterocycles. The van der Waals surface area contributed by atoms with Crippen LogP contribution in [0.25, 0.3) is 0 Å². The number of hydrogen-bond acceptors (Lipinski definition) is 12. The first kappa shape index (κ1) is 62.2. The lowest BCUT2D eigenvalue weighted by Gasteiger charge is -2.20. The minimum Gasteiger partial charge on any atom is -0.481 e. The van der Waals surface area contributed by atoms with Gasteiger partial charge in [0.1, 0.15) is 36.6 Å². The Morgan fingerprint density at radius 3 is 1.47 bits per heavy atom. The van der Waals surface area contributed by atoms with E-state index in [1.807, 2.05) is 20.8 Å². The first-order valence-corrected chi connectivity index (χ1v) is 24.7. The van der Waals surface area contributed by atoms with Crippen LogP contribution in [0.3, 0.4) is 0 Å². The van der Waals surface area contributed by atoms with E-state index < -0.39 is 23.4 Å². The van der Waals surface area contributed by atoms with Crippen LogP contribution in [-0.4, -0.2) is 129 Å². The number of carbonyl (C=O) groups is 8. The number of hydrogen-bond donors (Lipinski definition) is 5. The zero-order valence-corrected chi connectivity index (χ0v) is 41.0. The van der Waals surface area contributed by atoms with Crippen molar-refractivity contribution in [1.29, 1.82) is 0 Å². The zero-order valence-electron chi connectivity index (χ0n) is 41.0. The van der Waals surface area contributed by atoms with Crippen LogP contribution in [0.5, 0.6) is 0 Å². The average molecular weight is 942 g/mol. The van der Waals surface area contributed by atoms with Crippen molar-refractivity contribution in [2.45, 2.75) is 188 Å². The first-order valence-electron chi connectivity index (χ1n) is 24.7. The number of aliphatic carboxylic acids is 2. The van der Waals surface area contributed by atoms with Crippen molar-refractivity contribution in [3.63, 3.8) is 0 Å². The van der Waals surface area contributed by atoms with Crippen LogP contribution in [0, 0.1) is 11.3 Å². The van der Waals surface area contributed by atoms with Gasteiger partial charge in [-0.25, -0.2) is 4.79 Å². The monoisotopic (exact) mass is 942 g/mol. The summed E-state index contributed by atoms with van der Waals surface area (Å²) in [6.07, 6.45) is 18.6. The third-order valence-electron chi connectivity index (χ3n) is 11.1. The molecule has 0 spiro atoms. The lowest BCUT2D eigenvalue weighted by Crippen LogP contribution is -2.41. The fraction of sp³-hybridized carbons (Fsp3) is 0.837. The van der Waals surface area contributed by atoms with Crippen molar-refractivity contribution in [1.82, 2.24) is 16.0 Å². The Morgan fingerprint density at radius 2 is 0.970 bits per heavy atom. The predicted octanol–water partition coefficient (Wildman–Crippen LogP) is 6.69. The summed E-state index contributed by atoms with van der Waals surface area (Å²) in [4.78, 5) is 95.1. The standard InChI is InChI=1S/C49H87N3O14/c1-39(53)40(36-43(55)49(2,3)4)22-19-20-28-50-45(57)37-66-35-33-64-31-29-51-46(58)38-65-34-32-63-30-21-23-41(54)26-27-42(48(61)62)52-44(56)24-17-15-13-11-9-7-5-6-8-10-12-14-16-18-25-47(59)60/h40,42H,5-38H2,1-4H3,(H,50,57)(H,51,58)(H,52,56)(H,59,60)(H,61,62)/t40-,42+/m1/s1. The molecule has 382 valence electrons. The van der Waals surface area contributed by atoms with E-state index in [0.29, 0.717) is 38.8 Å². The smallest absolute Gasteiger partial charge is 0.326 e. The highest BCUT2D eigenvalue weighted by atomic mass is 16.5. The molecule has 0 aromatic carbocycles. The Labute approximate surface area is 394 Å². The first-order chi connectivity index (χ1) is 31.5. The van der Waals surface area contributed by atoms with Crippen LogP contribution in [0.4, 0.5) is 0 Å². The summed E-state index contributed by atoms with van der Waals surface area (Å²) in [6.45, 7) is 8.95. The molecule has 0 aliphatic carbocycles. The van der Waals surface area contributed by atoms with E-state index in [1.165, 1.54) is 51.9 Å². The Balaban J connectivity index is 3.71. The molecule has 0 unspecified atom stereocenters. The van der Waals surface area contributed by atoms with E-state index in [9.17, 15) is 43.5 Å². The number of rotatable bonds is 47. The summed E-state index contributed by atoms with van der Waals surface area (Å²) in [5.74, 6) is -3.08. The van der Waals surface area contributed by atoms with Crippen molar-refractivity contribution in [3.8, 4) is 0 Å². The van der Waals surface area contributed by atoms with E-state index >= 15 is 0 Å². The summed E-state index contributed by atoms with van der Waals surface area (Å²) in [5.41, 5.74) is -0.474. The molecule has 0 radical (unpaired) electrons. The van der Waals surface area contributed by atoms with Crippen LogP contribution in [0.1, 0.15) is 182 Å². The molecule has 0 saturated heterocycles. The molecule has 0 aromatic rings. The van der Waals surface area contributed by atoms with Gasteiger partial charge in [-0.3, -0.25) is 33.6 Å². The number of unbranched alkanes of at least 4 members (excludes halogenated alkanes) is 14. The summed E-state index contributed by atoms with van der Waals surface area (Å²) in [5, 5.41) is 26.2. The van der Waals surface area contributed by atoms with Gasteiger partial charge in [0.15, 0.2) is 0 Å². The maximum atomic E-state index is 12.4. The van der Waals surface area contributed by atoms with E-state index in [2.05, 4.69) is 16.0 Å². The lowest BCUT2D eigenvalue weighted by molar-refractivity contribution is -0.142. The SMILES string of the molecule is CC(=O)[C@H](CCCCNC(=O)COCCOCCNC(=O)COCCOCCCC(=O)CC[C@H](NC(=O)CCCCCCCCCCCCCCCCC(=O)O)C(=O)O)CC(=O)C(C)(C)C. The van der Waals surface area contributed by atoms with Gasteiger partial charge in [-0.2, -0.15) is 0 Å². The number of amides is 3. The second kappa shape index (κ2) is 41.4. The fourth-order valence-electron chi connectivity index (χ4n) is 6.87. The lowest BCUT2D eigenvalue weighted by atomic mass is 9.82. The van der Waals surface area contributed by atoms with Crippen molar-refractivity contribution in [3.05, 3.63) is 0 Å². The van der Waals surface area contributed by atoms with Gasteiger partial charge in [0, 0.05) is 63.1 Å². The van der Waals surface area contributed by atoms with Crippen LogP contribution >= 0.6 is 0 Å². The van der Waals surface area contributed by atoms with Crippen molar-refractivity contribution in [2.75, 3.05) is 65.9 Å². The zero-order chi connectivity index (χ0) is 49.3. The maximum absolute atomic E-state index is 12.4. The van der Waals surface area contributed by atoms with Crippen LogP contribution in [-0.2, 0) is 57.3 Å².